The predicted octanol–water partition coefficient (Wildman–Crippen LogP) is 10.6. The molecule has 0 amide bonds. The van der Waals surface area contributed by atoms with E-state index in [1.807, 2.05) is 0 Å². The molecule has 0 aliphatic heterocycles. The molecule has 0 atom stereocenters. The predicted molar refractivity (Wildman–Crippen MR) is 159 cm³/mol. The summed E-state index contributed by atoms with van der Waals surface area (Å²) in [5.41, 5.74) is 1.53. The number of quaternary nitrogens is 1. The van der Waals surface area contributed by atoms with E-state index in [1.165, 1.54) is 133 Å². The second-order valence-corrected chi connectivity index (χ2v) is 10.5. The maximum atomic E-state index is 2.36. The van der Waals surface area contributed by atoms with Crippen LogP contribution in [0.15, 0.2) is 66.8 Å². The molecule has 0 unspecified atom stereocenters. The third-order valence-corrected chi connectivity index (χ3v) is 7.33. The van der Waals surface area contributed by atoms with Crippen molar-refractivity contribution in [1.82, 2.24) is 0 Å². The first kappa shape index (κ1) is 31.4. The van der Waals surface area contributed by atoms with E-state index in [0.29, 0.717) is 0 Å². The molecule has 1 rings (SSSR count). The molecule has 1 aromatic rings. The van der Waals surface area contributed by atoms with Crippen LogP contribution in [0.4, 0.5) is 0 Å². The lowest BCUT2D eigenvalue weighted by Crippen LogP contribution is -2.49. The Balaban J connectivity index is 2.71. The molecule has 0 spiro atoms. The van der Waals surface area contributed by atoms with Gasteiger partial charge in [0.15, 0.2) is 0 Å². The van der Waals surface area contributed by atoms with Crippen molar-refractivity contribution < 1.29 is 4.48 Å². The Morgan fingerprint density at radius 1 is 0.486 bits per heavy atom. The first-order chi connectivity index (χ1) is 17.3. The van der Waals surface area contributed by atoms with Crippen LogP contribution in [0.2, 0.25) is 0 Å². The van der Waals surface area contributed by atoms with Crippen LogP contribution in [0.1, 0.15) is 123 Å². The molecule has 1 nitrogen and oxygen atoms in total. The number of allylic oxidation sites excluding steroid dienone is 6. The van der Waals surface area contributed by atoms with E-state index in [4.69, 9.17) is 0 Å². The molecule has 0 N–H and O–H groups in total. The first-order valence-corrected chi connectivity index (χ1v) is 15.0. The van der Waals surface area contributed by atoms with Crippen molar-refractivity contribution in [2.24, 2.45) is 0 Å². The number of rotatable bonds is 23. The summed E-state index contributed by atoms with van der Waals surface area (Å²) in [7, 11) is 0. The molecular weight excluding hydrogens is 422 g/mol. The Bertz CT molecular complexity index is 595. The average molecular weight is 481 g/mol. The molecule has 35 heavy (non-hydrogen) atoms. The average Bonchev–Trinajstić information content (AvgIpc) is 2.88. The number of hydrogen-bond donors (Lipinski definition) is 0. The fraction of sp³-hybridized carbons (Fsp3) is 0.647. The van der Waals surface area contributed by atoms with Crippen LogP contribution in [-0.2, 0) is 6.54 Å². The van der Waals surface area contributed by atoms with E-state index >= 15 is 0 Å². The number of hydrogen-bond acceptors (Lipinski definition) is 0. The van der Waals surface area contributed by atoms with E-state index in [9.17, 15) is 0 Å². The fourth-order valence-electron chi connectivity index (χ4n) is 5.23. The normalized spacial score (nSPS) is 12.5. The van der Waals surface area contributed by atoms with Gasteiger partial charge in [-0.3, -0.25) is 0 Å². The summed E-state index contributed by atoms with van der Waals surface area (Å²) in [5, 5.41) is 0. The zero-order valence-corrected chi connectivity index (χ0v) is 23.7. The van der Waals surface area contributed by atoms with Crippen LogP contribution in [0.3, 0.4) is 0 Å². The summed E-state index contributed by atoms with van der Waals surface area (Å²) in [6, 6.07) is 11.3. The van der Waals surface area contributed by atoms with Crippen molar-refractivity contribution in [1.29, 1.82) is 0 Å². The Kier molecular flexibility index (Phi) is 20.5. The minimum Gasteiger partial charge on any atom is -0.320 e. The zero-order valence-electron chi connectivity index (χ0n) is 23.7. The molecule has 0 saturated heterocycles. The van der Waals surface area contributed by atoms with E-state index in [-0.39, 0.29) is 0 Å². The highest BCUT2D eigenvalue weighted by Gasteiger charge is 2.26. The van der Waals surface area contributed by atoms with Crippen molar-refractivity contribution in [3.63, 3.8) is 0 Å². The Morgan fingerprint density at radius 2 is 0.857 bits per heavy atom. The summed E-state index contributed by atoms with van der Waals surface area (Å²) in [6.45, 7) is 11.7. The van der Waals surface area contributed by atoms with Gasteiger partial charge in [0, 0.05) is 5.56 Å². The second kappa shape index (κ2) is 22.8. The quantitative estimate of drug-likeness (QED) is 0.0829. The molecule has 0 aliphatic carbocycles. The molecule has 0 aromatic heterocycles. The molecule has 0 aliphatic rings. The van der Waals surface area contributed by atoms with Gasteiger partial charge in [0.1, 0.15) is 6.54 Å². The Hall–Kier alpha value is -1.60. The molecule has 1 heteroatoms. The van der Waals surface area contributed by atoms with Crippen LogP contribution in [0.25, 0.3) is 0 Å². The fourth-order valence-corrected chi connectivity index (χ4v) is 5.23. The Labute approximate surface area is 220 Å². The van der Waals surface area contributed by atoms with Gasteiger partial charge in [0.05, 0.1) is 19.6 Å². The van der Waals surface area contributed by atoms with Crippen molar-refractivity contribution in [3.8, 4) is 0 Å². The summed E-state index contributed by atoms with van der Waals surface area (Å²) >= 11 is 0. The van der Waals surface area contributed by atoms with Crippen LogP contribution in [0, 0.1) is 0 Å². The maximum absolute atomic E-state index is 2.36. The minimum absolute atomic E-state index is 1.22. The van der Waals surface area contributed by atoms with Gasteiger partial charge < -0.3 is 4.48 Å². The van der Waals surface area contributed by atoms with Gasteiger partial charge in [-0.05, 0) is 97.8 Å². The van der Waals surface area contributed by atoms with Crippen molar-refractivity contribution >= 4 is 0 Å². The summed E-state index contributed by atoms with van der Waals surface area (Å²) in [5.74, 6) is 0. The van der Waals surface area contributed by atoms with Crippen LogP contribution >= 0.6 is 0 Å². The van der Waals surface area contributed by atoms with Crippen molar-refractivity contribution in [3.05, 3.63) is 72.4 Å². The number of nitrogens with zero attached hydrogens (tertiary/aromatic N) is 1. The summed E-state index contributed by atoms with van der Waals surface area (Å²) in [4.78, 5) is 0. The summed E-state index contributed by atoms with van der Waals surface area (Å²) in [6.07, 6.45) is 33.8. The molecule has 1 aromatic carbocycles. The molecule has 0 fully saturated rings. The first-order valence-electron chi connectivity index (χ1n) is 15.0. The monoisotopic (exact) mass is 480 g/mol. The molecule has 198 valence electrons. The van der Waals surface area contributed by atoms with Crippen LogP contribution in [-0.4, -0.2) is 24.1 Å². The molecule has 0 radical (unpaired) electrons. The van der Waals surface area contributed by atoms with E-state index < -0.39 is 0 Å². The number of unbranched alkanes of at least 4 members (excludes halogenated alkanes) is 12. The third kappa shape index (κ3) is 17.5. The molecule has 0 saturated carbocycles. The van der Waals surface area contributed by atoms with Gasteiger partial charge in [-0.2, -0.15) is 0 Å². The Morgan fingerprint density at radius 3 is 1.23 bits per heavy atom. The van der Waals surface area contributed by atoms with Gasteiger partial charge in [-0.15, -0.1) is 0 Å². The summed E-state index contributed by atoms with van der Waals surface area (Å²) < 4.78 is 1.31. The second-order valence-electron chi connectivity index (χ2n) is 10.5. The van der Waals surface area contributed by atoms with Gasteiger partial charge >= 0.3 is 0 Å². The standard InChI is InChI=1S/C34H58N/c1-4-7-10-13-16-19-25-30-35(33-34-28-23-22-24-29-34,31-26-20-17-14-11-8-5-2)32-27-21-18-15-12-9-6-3/h4-9,22-24,28-29H,10-21,25-27,30-33H2,1-3H3/q+1/b7-4+,8-5+,9-6+. The molecule has 0 heterocycles. The van der Waals surface area contributed by atoms with Gasteiger partial charge in [0.25, 0.3) is 0 Å². The van der Waals surface area contributed by atoms with Gasteiger partial charge in [-0.25, -0.2) is 0 Å². The lowest BCUT2D eigenvalue weighted by atomic mass is 10.0. The lowest BCUT2D eigenvalue weighted by Gasteiger charge is -2.39. The smallest absolute Gasteiger partial charge is 0.104 e. The van der Waals surface area contributed by atoms with Crippen molar-refractivity contribution in [2.75, 3.05) is 19.6 Å². The largest absolute Gasteiger partial charge is 0.320 e. The topological polar surface area (TPSA) is 0 Å². The van der Waals surface area contributed by atoms with Gasteiger partial charge in [0.2, 0.25) is 0 Å². The third-order valence-electron chi connectivity index (χ3n) is 7.33. The molecule has 0 bridgehead atoms. The van der Waals surface area contributed by atoms with E-state index in [2.05, 4.69) is 87.6 Å². The molecular formula is C34H58N+. The maximum Gasteiger partial charge on any atom is 0.104 e. The van der Waals surface area contributed by atoms with E-state index in [1.54, 1.807) is 0 Å². The highest BCUT2D eigenvalue weighted by atomic mass is 15.3. The lowest BCUT2D eigenvalue weighted by molar-refractivity contribution is -0.941. The van der Waals surface area contributed by atoms with Crippen LogP contribution in [0.5, 0.6) is 0 Å². The number of benzene rings is 1. The SMILES string of the molecule is C/C=C/CCCCCC[N+](CCCCCC/C=C/C)(CCCCCC/C=C/C)Cc1ccccc1. The zero-order chi connectivity index (χ0) is 25.3. The van der Waals surface area contributed by atoms with Crippen LogP contribution < -0.4 is 0 Å². The highest BCUT2D eigenvalue weighted by Crippen LogP contribution is 2.22. The highest BCUT2D eigenvalue weighted by molar-refractivity contribution is 5.13. The van der Waals surface area contributed by atoms with Gasteiger partial charge in [-0.1, -0.05) is 86.1 Å². The van der Waals surface area contributed by atoms with Crippen molar-refractivity contribution in [2.45, 2.75) is 124 Å². The minimum atomic E-state index is 1.22. The van der Waals surface area contributed by atoms with E-state index in [0.717, 1.165) is 0 Å².